The minimum Gasteiger partial charge on any atom is -0.355 e. The highest BCUT2D eigenvalue weighted by Crippen LogP contribution is 2.59. The van der Waals surface area contributed by atoms with Crippen LogP contribution in [0.1, 0.15) is 83.2 Å². The molecule has 9 heteroatoms. The number of halogens is 2. The summed E-state index contributed by atoms with van der Waals surface area (Å²) in [6.07, 6.45) is 6.21. The summed E-state index contributed by atoms with van der Waals surface area (Å²) >= 11 is 0. The number of likely N-dealkylation sites (tertiary alicyclic amines) is 1. The van der Waals surface area contributed by atoms with E-state index >= 15 is 0 Å². The lowest BCUT2D eigenvalue weighted by Gasteiger charge is -2.30. The van der Waals surface area contributed by atoms with Gasteiger partial charge in [0.2, 0.25) is 5.76 Å². The van der Waals surface area contributed by atoms with Gasteiger partial charge < -0.3 is 19.6 Å². The van der Waals surface area contributed by atoms with Crippen LogP contribution in [0.5, 0.6) is 0 Å². The third-order valence-electron chi connectivity index (χ3n) is 9.10. The third-order valence-corrected chi connectivity index (χ3v) is 9.10. The highest BCUT2D eigenvalue weighted by atomic mass is 19.3. The van der Waals surface area contributed by atoms with Crippen molar-refractivity contribution in [1.82, 2.24) is 20.3 Å². The van der Waals surface area contributed by atoms with E-state index in [1.54, 1.807) is 24.1 Å². The van der Waals surface area contributed by atoms with E-state index in [2.05, 4.69) is 15.4 Å². The van der Waals surface area contributed by atoms with Crippen LogP contribution in [-0.2, 0) is 17.9 Å². The molecule has 2 aliphatic carbocycles. The van der Waals surface area contributed by atoms with Crippen molar-refractivity contribution in [2.75, 3.05) is 26.7 Å². The van der Waals surface area contributed by atoms with Gasteiger partial charge in [-0.05, 0) is 74.6 Å². The summed E-state index contributed by atoms with van der Waals surface area (Å²) in [7, 11) is 1.76. The maximum atomic E-state index is 13.6. The first-order valence-electron chi connectivity index (χ1n) is 13.4. The number of piperidine rings is 1. The van der Waals surface area contributed by atoms with Crippen molar-refractivity contribution >= 4 is 11.8 Å². The van der Waals surface area contributed by atoms with E-state index in [1.807, 2.05) is 6.07 Å². The van der Waals surface area contributed by atoms with E-state index in [0.717, 1.165) is 70.6 Å². The molecule has 0 bridgehead atoms. The minimum atomic E-state index is -3.00. The van der Waals surface area contributed by atoms with Crippen molar-refractivity contribution in [2.45, 2.75) is 69.4 Å². The summed E-state index contributed by atoms with van der Waals surface area (Å²) in [4.78, 5) is 29.4. The molecule has 4 aliphatic rings. The Labute approximate surface area is 215 Å². The average Bonchev–Trinajstić information content (AvgIpc) is 3.22. The van der Waals surface area contributed by atoms with Crippen LogP contribution in [-0.4, -0.2) is 59.5 Å². The van der Waals surface area contributed by atoms with Gasteiger partial charge in [0.25, 0.3) is 11.8 Å². The number of rotatable bonds is 7. The summed E-state index contributed by atoms with van der Waals surface area (Å²) < 4.78 is 32.1. The first kappa shape index (κ1) is 24.5. The number of nitrogens with zero attached hydrogens (tertiary/aromatic N) is 3. The molecule has 2 aliphatic heterocycles. The topological polar surface area (TPSA) is 78.7 Å². The molecule has 1 aromatic heterocycles. The van der Waals surface area contributed by atoms with E-state index in [9.17, 15) is 18.4 Å². The fraction of sp³-hybridized carbons (Fsp3) is 0.607. The number of aromatic nitrogens is 1. The maximum Gasteiger partial charge on any atom is 0.304 e. The summed E-state index contributed by atoms with van der Waals surface area (Å²) in [5, 5.41) is 7.22. The van der Waals surface area contributed by atoms with Crippen molar-refractivity contribution < 1.29 is 22.9 Å². The zero-order valence-electron chi connectivity index (χ0n) is 21.4. The molecule has 2 saturated carbocycles. The van der Waals surface area contributed by atoms with E-state index < -0.39 is 5.92 Å². The van der Waals surface area contributed by atoms with Gasteiger partial charge in [0.15, 0.2) is 0 Å². The predicted molar refractivity (Wildman–Crippen MR) is 132 cm³/mol. The first-order valence-corrected chi connectivity index (χ1v) is 13.4. The summed E-state index contributed by atoms with van der Waals surface area (Å²) in [6.45, 7) is 4.19. The smallest absolute Gasteiger partial charge is 0.304 e. The molecule has 2 atom stereocenters. The molecule has 1 N–H and O–H groups in total. The predicted octanol–water partition coefficient (Wildman–Crippen LogP) is 4.32. The Kier molecular flexibility index (Phi) is 5.89. The molecule has 6 rings (SSSR count). The lowest BCUT2D eigenvalue weighted by Crippen LogP contribution is -2.38. The third kappa shape index (κ3) is 4.45. The summed E-state index contributed by atoms with van der Waals surface area (Å²) in [5.74, 6) is -2.34. The Hall–Kier alpha value is -2.81. The second-order valence-corrected chi connectivity index (χ2v) is 11.7. The van der Waals surface area contributed by atoms with Gasteiger partial charge >= 0.3 is 5.92 Å². The van der Waals surface area contributed by atoms with Gasteiger partial charge in [-0.25, -0.2) is 0 Å². The van der Waals surface area contributed by atoms with Gasteiger partial charge in [-0.1, -0.05) is 11.2 Å². The standard InChI is InChI=1S/C28H34F2N4O3/c1-27(29,30)24-12-23(32-37-24)28-13-18(28)14-34(16-28)11-10-17-6-8-19(9-7-17)31-25(35)20-4-3-5-21-22(20)15-33(2)26(21)36/h3-5,12,17-19H,6-11,13-16H2,1-2H3,(H,31,35)/t17?,18?,19?,28-/m0/s1. The van der Waals surface area contributed by atoms with Crippen molar-refractivity contribution in [3.05, 3.63) is 52.4 Å². The second kappa shape index (κ2) is 8.89. The monoisotopic (exact) mass is 512 g/mol. The highest BCUT2D eigenvalue weighted by Gasteiger charge is 2.62. The molecular weight excluding hydrogens is 478 g/mol. The molecule has 1 unspecified atom stereocenters. The Bertz CT molecular complexity index is 1220. The van der Waals surface area contributed by atoms with Gasteiger partial charge in [0.05, 0.1) is 5.69 Å². The van der Waals surface area contributed by atoms with Crippen molar-refractivity contribution in [1.29, 1.82) is 0 Å². The first-order chi connectivity index (χ1) is 17.6. The molecule has 3 fully saturated rings. The van der Waals surface area contributed by atoms with Gasteiger partial charge in [0.1, 0.15) is 0 Å². The van der Waals surface area contributed by atoms with Crippen molar-refractivity contribution in [3.63, 3.8) is 0 Å². The van der Waals surface area contributed by atoms with Crippen LogP contribution < -0.4 is 5.32 Å². The van der Waals surface area contributed by atoms with Crippen LogP contribution in [0.25, 0.3) is 0 Å². The summed E-state index contributed by atoms with van der Waals surface area (Å²) in [6, 6.07) is 7.01. The van der Waals surface area contributed by atoms with Crippen LogP contribution in [0.4, 0.5) is 8.78 Å². The van der Waals surface area contributed by atoms with E-state index in [0.29, 0.717) is 35.2 Å². The fourth-order valence-corrected chi connectivity index (χ4v) is 6.78. The Morgan fingerprint density at radius 1 is 1.27 bits per heavy atom. The fourth-order valence-electron chi connectivity index (χ4n) is 6.78. The van der Waals surface area contributed by atoms with E-state index in [-0.39, 0.29) is 29.0 Å². The van der Waals surface area contributed by atoms with Crippen molar-refractivity contribution in [3.8, 4) is 0 Å². The van der Waals surface area contributed by atoms with Gasteiger partial charge in [-0.15, -0.1) is 0 Å². The lowest BCUT2D eigenvalue weighted by atomic mass is 9.84. The van der Waals surface area contributed by atoms with Crippen molar-refractivity contribution in [2.24, 2.45) is 11.8 Å². The van der Waals surface area contributed by atoms with Crippen LogP contribution in [0, 0.1) is 11.8 Å². The average molecular weight is 513 g/mol. The van der Waals surface area contributed by atoms with Gasteiger partial charge in [-0.3, -0.25) is 9.59 Å². The number of hydrogen-bond acceptors (Lipinski definition) is 5. The second-order valence-electron chi connectivity index (χ2n) is 11.7. The molecule has 3 heterocycles. The van der Waals surface area contributed by atoms with E-state index in [1.165, 1.54) is 6.07 Å². The Morgan fingerprint density at radius 2 is 2.05 bits per heavy atom. The number of alkyl halides is 2. The maximum absolute atomic E-state index is 13.6. The van der Waals surface area contributed by atoms with Crippen LogP contribution in [0.2, 0.25) is 0 Å². The molecule has 37 heavy (non-hydrogen) atoms. The minimum absolute atomic E-state index is 0.0281. The van der Waals surface area contributed by atoms with Crippen LogP contribution in [0.3, 0.4) is 0 Å². The molecule has 198 valence electrons. The number of amides is 2. The number of nitrogens with one attached hydrogen (secondary N) is 1. The molecular formula is C28H34F2N4O3. The number of carbonyl (C=O) groups is 2. The zero-order chi connectivity index (χ0) is 25.9. The molecule has 2 amide bonds. The molecule has 1 saturated heterocycles. The van der Waals surface area contributed by atoms with Crippen LogP contribution in [0.15, 0.2) is 28.8 Å². The number of carbonyl (C=O) groups excluding carboxylic acids is 2. The lowest BCUT2D eigenvalue weighted by molar-refractivity contribution is -0.0106. The quantitative estimate of drug-likeness (QED) is 0.598. The molecule has 0 spiro atoms. The van der Waals surface area contributed by atoms with E-state index in [4.69, 9.17) is 4.52 Å². The number of fused-ring (bicyclic) bond motifs is 2. The largest absolute Gasteiger partial charge is 0.355 e. The number of benzene rings is 1. The van der Waals surface area contributed by atoms with Gasteiger partial charge in [-0.2, -0.15) is 8.78 Å². The zero-order valence-corrected chi connectivity index (χ0v) is 21.4. The Balaban J connectivity index is 0.968. The SMILES string of the molecule is CN1Cc2c(C(=O)NC3CCC(CCN4CC5C[C@]5(c5cc(C(C)(F)F)on5)C4)CC3)cccc2C1=O. The molecule has 1 aromatic carbocycles. The normalized spacial score (nSPS) is 29.4. The molecule has 0 radical (unpaired) electrons. The molecule has 7 nitrogen and oxygen atoms in total. The highest BCUT2D eigenvalue weighted by molar-refractivity contribution is 6.04. The van der Waals surface area contributed by atoms with Gasteiger partial charge in [0, 0.05) is 62.3 Å². The molecule has 2 aromatic rings. The Morgan fingerprint density at radius 3 is 2.78 bits per heavy atom. The number of hydrogen-bond donors (Lipinski definition) is 1. The van der Waals surface area contributed by atoms with Crippen LogP contribution >= 0.6 is 0 Å². The summed E-state index contributed by atoms with van der Waals surface area (Å²) in [5.41, 5.74) is 2.65.